The molecule has 0 radical (unpaired) electrons. The molecule has 0 aromatic carbocycles. The first-order chi connectivity index (χ1) is 9.27. The SMILES string of the molecule is CCC(=O)NCCC(=O)N[C@@H](C)C(=O)N[C@@H](C)C(C)=O. The number of nitrogens with one attached hydrogen (secondary N) is 3. The van der Waals surface area contributed by atoms with Crippen LogP contribution in [0.5, 0.6) is 0 Å². The topological polar surface area (TPSA) is 104 Å². The van der Waals surface area contributed by atoms with E-state index >= 15 is 0 Å². The predicted molar refractivity (Wildman–Crippen MR) is 73.8 cm³/mol. The van der Waals surface area contributed by atoms with Gasteiger partial charge < -0.3 is 16.0 Å². The van der Waals surface area contributed by atoms with Crippen molar-refractivity contribution in [3.8, 4) is 0 Å². The van der Waals surface area contributed by atoms with Crippen molar-refractivity contribution in [2.45, 2.75) is 52.6 Å². The highest BCUT2D eigenvalue weighted by atomic mass is 16.2. The van der Waals surface area contributed by atoms with Crippen molar-refractivity contribution >= 4 is 23.5 Å². The van der Waals surface area contributed by atoms with Gasteiger partial charge in [-0.05, 0) is 20.8 Å². The normalized spacial score (nSPS) is 13.0. The van der Waals surface area contributed by atoms with Crippen molar-refractivity contribution in [2.75, 3.05) is 6.54 Å². The summed E-state index contributed by atoms with van der Waals surface area (Å²) in [6, 6.07) is -1.31. The number of ketones is 1. The first kappa shape index (κ1) is 18.1. The van der Waals surface area contributed by atoms with Crippen LogP contribution in [0.25, 0.3) is 0 Å². The summed E-state index contributed by atoms with van der Waals surface area (Å²) in [4.78, 5) is 45.2. The monoisotopic (exact) mass is 285 g/mol. The summed E-state index contributed by atoms with van der Waals surface area (Å²) in [6.07, 6.45) is 0.467. The zero-order valence-electron chi connectivity index (χ0n) is 12.4. The molecule has 3 N–H and O–H groups in total. The van der Waals surface area contributed by atoms with Gasteiger partial charge in [-0.1, -0.05) is 6.92 Å². The van der Waals surface area contributed by atoms with E-state index in [0.717, 1.165) is 0 Å². The van der Waals surface area contributed by atoms with Gasteiger partial charge in [-0.25, -0.2) is 0 Å². The van der Waals surface area contributed by atoms with Gasteiger partial charge in [0.25, 0.3) is 0 Å². The van der Waals surface area contributed by atoms with E-state index in [1.807, 2.05) is 0 Å². The van der Waals surface area contributed by atoms with Gasteiger partial charge in [-0.3, -0.25) is 19.2 Å². The molecule has 114 valence electrons. The van der Waals surface area contributed by atoms with E-state index in [9.17, 15) is 19.2 Å². The first-order valence-electron chi connectivity index (χ1n) is 6.64. The van der Waals surface area contributed by atoms with E-state index in [1.54, 1.807) is 13.8 Å². The van der Waals surface area contributed by atoms with Crippen molar-refractivity contribution in [2.24, 2.45) is 0 Å². The van der Waals surface area contributed by atoms with Crippen LogP contribution in [0.1, 0.15) is 40.5 Å². The molecule has 0 unspecified atom stereocenters. The van der Waals surface area contributed by atoms with Gasteiger partial charge in [-0.15, -0.1) is 0 Å². The predicted octanol–water partition coefficient (Wildman–Crippen LogP) is -0.499. The first-order valence-corrected chi connectivity index (χ1v) is 6.64. The summed E-state index contributed by atoms with van der Waals surface area (Å²) in [6.45, 7) is 6.44. The maximum atomic E-state index is 11.7. The van der Waals surface area contributed by atoms with Crippen LogP contribution in [0.4, 0.5) is 0 Å². The highest BCUT2D eigenvalue weighted by molar-refractivity contribution is 5.91. The third-order valence-electron chi connectivity index (χ3n) is 2.73. The molecule has 0 aromatic rings. The molecule has 0 aliphatic rings. The number of amides is 3. The molecule has 0 heterocycles. The zero-order chi connectivity index (χ0) is 15.7. The van der Waals surface area contributed by atoms with Gasteiger partial charge in [0, 0.05) is 19.4 Å². The Morgan fingerprint density at radius 1 is 0.950 bits per heavy atom. The molecule has 3 amide bonds. The van der Waals surface area contributed by atoms with E-state index < -0.39 is 18.0 Å². The lowest BCUT2D eigenvalue weighted by Gasteiger charge is -2.16. The fourth-order valence-corrected chi connectivity index (χ4v) is 1.26. The minimum atomic E-state index is -0.730. The second kappa shape index (κ2) is 9.06. The summed E-state index contributed by atoms with van der Waals surface area (Å²) >= 11 is 0. The molecule has 2 atom stereocenters. The van der Waals surface area contributed by atoms with Crippen LogP contribution in [0.15, 0.2) is 0 Å². The second-order valence-corrected chi connectivity index (χ2v) is 4.58. The Balaban J connectivity index is 4.03. The number of hydrogen-bond acceptors (Lipinski definition) is 4. The van der Waals surface area contributed by atoms with Gasteiger partial charge in [0.2, 0.25) is 17.7 Å². The summed E-state index contributed by atoms with van der Waals surface area (Å²) in [5.74, 6) is -1.03. The minimum Gasteiger partial charge on any atom is -0.356 e. The molecular formula is C13H23N3O4. The quantitative estimate of drug-likeness (QED) is 0.559. The number of rotatable bonds is 8. The zero-order valence-corrected chi connectivity index (χ0v) is 12.4. The Kier molecular flexibility index (Phi) is 8.19. The molecule has 0 saturated heterocycles. The number of hydrogen-bond donors (Lipinski definition) is 3. The summed E-state index contributed by atoms with van der Waals surface area (Å²) in [7, 11) is 0. The average molecular weight is 285 g/mol. The van der Waals surface area contributed by atoms with E-state index in [0.29, 0.717) is 6.42 Å². The van der Waals surface area contributed by atoms with Crippen molar-refractivity contribution < 1.29 is 19.2 Å². The molecule has 0 bridgehead atoms. The molecule has 0 saturated carbocycles. The third kappa shape index (κ3) is 7.50. The molecule has 7 heteroatoms. The molecule has 7 nitrogen and oxygen atoms in total. The van der Waals surface area contributed by atoms with Crippen molar-refractivity contribution in [1.82, 2.24) is 16.0 Å². The van der Waals surface area contributed by atoms with E-state index in [2.05, 4.69) is 16.0 Å². The third-order valence-corrected chi connectivity index (χ3v) is 2.73. The lowest BCUT2D eigenvalue weighted by molar-refractivity contribution is -0.130. The smallest absolute Gasteiger partial charge is 0.242 e. The van der Waals surface area contributed by atoms with Crippen LogP contribution in [0.2, 0.25) is 0 Å². The lowest BCUT2D eigenvalue weighted by atomic mass is 10.2. The summed E-state index contributed by atoms with van der Waals surface area (Å²) < 4.78 is 0. The molecule has 0 spiro atoms. The van der Waals surface area contributed by atoms with Crippen LogP contribution >= 0.6 is 0 Å². The highest BCUT2D eigenvalue weighted by Crippen LogP contribution is 1.90. The molecule has 0 aliphatic carbocycles. The van der Waals surface area contributed by atoms with Crippen molar-refractivity contribution in [3.05, 3.63) is 0 Å². The van der Waals surface area contributed by atoms with Crippen molar-refractivity contribution in [3.63, 3.8) is 0 Å². The van der Waals surface area contributed by atoms with E-state index in [1.165, 1.54) is 13.8 Å². The molecule has 20 heavy (non-hydrogen) atoms. The molecule has 0 rings (SSSR count). The number of Topliss-reactive ketones (excluding diaryl/α,β-unsaturated/α-hetero) is 1. The standard InChI is InChI=1S/C13H23N3O4/c1-5-11(18)14-7-6-12(19)15-9(3)13(20)16-8(2)10(4)17/h8-9H,5-7H2,1-4H3,(H,14,18)(H,15,19)(H,16,20)/t8-,9-/m0/s1. The average Bonchev–Trinajstić information content (AvgIpc) is 2.37. The van der Waals surface area contributed by atoms with Gasteiger partial charge in [-0.2, -0.15) is 0 Å². The largest absolute Gasteiger partial charge is 0.356 e. The molecule has 0 fully saturated rings. The van der Waals surface area contributed by atoms with Gasteiger partial charge >= 0.3 is 0 Å². The fraction of sp³-hybridized carbons (Fsp3) is 0.692. The summed E-state index contributed by atoms with van der Waals surface area (Å²) in [5.41, 5.74) is 0. The van der Waals surface area contributed by atoms with E-state index in [4.69, 9.17) is 0 Å². The second-order valence-electron chi connectivity index (χ2n) is 4.58. The Labute approximate surface area is 118 Å². The van der Waals surface area contributed by atoms with Crippen LogP contribution in [-0.2, 0) is 19.2 Å². The van der Waals surface area contributed by atoms with Crippen LogP contribution in [-0.4, -0.2) is 42.1 Å². The Hall–Kier alpha value is -1.92. The molecule has 0 aliphatic heterocycles. The fourth-order valence-electron chi connectivity index (χ4n) is 1.26. The van der Waals surface area contributed by atoms with E-state index in [-0.39, 0.29) is 30.6 Å². The lowest BCUT2D eigenvalue weighted by Crippen LogP contribution is -2.49. The number of carbonyl (C=O) groups is 4. The maximum absolute atomic E-state index is 11.7. The van der Waals surface area contributed by atoms with Gasteiger partial charge in [0.15, 0.2) is 5.78 Å². The Bertz CT molecular complexity index is 382. The van der Waals surface area contributed by atoms with Crippen LogP contribution < -0.4 is 16.0 Å². The Morgan fingerprint density at radius 3 is 2.05 bits per heavy atom. The number of carbonyl (C=O) groups excluding carboxylic acids is 4. The molecule has 0 aromatic heterocycles. The van der Waals surface area contributed by atoms with Crippen LogP contribution in [0.3, 0.4) is 0 Å². The summed E-state index contributed by atoms with van der Waals surface area (Å²) in [5, 5.41) is 7.56. The minimum absolute atomic E-state index is 0.103. The highest BCUT2D eigenvalue weighted by Gasteiger charge is 2.18. The maximum Gasteiger partial charge on any atom is 0.242 e. The van der Waals surface area contributed by atoms with Crippen molar-refractivity contribution in [1.29, 1.82) is 0 Å². The van der Waals surface area contributed by atoms with Gasteiger partial charge in [0.05, 0.1) is 6.04 Å². The van der Waals surface area contributed by atoms with Crippen LogP contribution in [0, 0.1) is 0 Å². The molecular weight excluding hydrogens is 262 g/mol. The van der Waals surface area contributed by atoms with Gasteiger partial charge in [0.1, 0.15) is 6.04 Å². The Morgan fingerprint density at radius 2 is 1.55 bits per heavy atom.